The van der Waals surface area contributed by atoms with Gasteiger partial charge in [-0.05, 0) is 61.6 Å². The highest BCUT2D eigenvalue weighted by atomic mass is 19.1. The van der Waals surface area contributed by atoms with Crippen molar-refractivity contribution in [2.24, 2.45) is 0 Å². The number of benzene rings is 2. The maximum atomic E-state index is 14.0. The van der Waals surface area contributed by atoms with E-state index in [9.17, 15) is 19.1 Å². The van der Waals surface area contributed by atoms with Crippen LogP contribution in [0.4, 0.5) is 4.39 Å². The van der Waals surface area contributed by atoms with Crippen LogP contribution in [-0.4, -0.2) is 27.4 Å². The molecule has 28 heavy (non-hydrogen) atoms. The molecule has 1 fully saturated rings. The maximum Gasteiger partial charge on any atom is 0.338 e. The molecule has 3 aromatic rings. The molecule has 0 radical (unpaired) electrons. The van der Waals surface area contributed by atoms with Gasteiger partial charge in [-0.3, -0.25) is 4.79 Å². The van der Waals surface area contributed by atoms with E-state index >= 15 is 0 Å². The first kappa shape index (κ1) is 18.2. The Hall–Kier alpha value is -3.22. The minimum absolute atomic E-state index is 0.203. The van der Waals surface area contributed by atoms with Crippen molar-refractivity contribution >= 4 is 16.7 Å². The van der Waals surface area contributed by atoms with E-state index in [1.807, 2.05) is 0 Å². The second-order valence-electron chi connectivity index (χ2n) is 7.13. The van der Waals surface area contributed by atoms with Crippen LogP contribution in [0, 0.1) is 12.7 Å². The number of rotatable bonds is 5. The third-order valence-electron chi connectivity index (χ3n) is 5.11. The van der Waals surface area contributed by atoms with E-state index in [1.54, 1.807) is 24.3 Å². The smallest absolute Gasteiger partial charge is 0.338 e. The van der Waals surface area contributed by atoms with Crippen LogP contribution < -0.4 is 10.3 Å². The van der Waals surface area contributed by atoms with Gasteiger partial charge in [-0.1, -0.05) is 6.07 Å². The molecule has 0 bridgehead atoms. The molecule has 0 amide bonds. The number of carboxylic acid groups (broad SMARTS) is 1. The molecule has 0 saturated heterocycles. The first-order valence-electron chi connectivity index (χ1n) is 9.12. The number of halogens is 1. The second kappa shape index (κ2) is 7.07. The Balaban J connectivity index is 1.75. The summed E-state index contributed by atoms with van der Waals surface area (Å²) in [5.41, 5.74) is 0.726. The summed E-state index contributed by atoms with van der Waals surface area (Å²) in [6, 6.07) is 8.16. The highest BCUT2D eigenvalue weighted by Gasteiger charge is 2.20. The van der Waals surface area contributed by atoms with Gasteiger partial charge in [-0.2, -0.15) is 5.10 Å². The van der Waals surface area contributed by atoms with Crippen LogP contribution in [0.25, 0.3) is 10.8 Å². The van der Waals surface area contributed by atoms with E-state index < -0.39 is 11.8 Å². The van der Waals surface area contributed by atoms with Crippen LogP contribution in [0.1, 0.15) is 46.4 Å². The number of aromatic nitrogens is 2. The number of hydrogen-bond donors (Lipinski definition) is 2. The number of nitrogens with zero attached hydrogens (tertiary/aromatic N) is 1. The lowest BCUT2D eigenvalue weighted by atomic mass is 9.96. The van der Waals surface area contributed by atoms with E-state index in [0.717, 1.165) is 19.3 Å². The average molecular weight is 382 g/mol. The molecule has 0 aliphatic heterocycles. The predicted molar refractivity (Wildman–Crippen MR) is 102 cm³/mol. The van der Waals surface area contributed by atoms with Crippen LogP contribution in [-0.2, 0) is 6.42 Å². The van der Waals surface area contributed by atoms with E-state index in [2.05, 4.69) is 10.2 Å². The first-order valence-corrected chi connectivity index (χ1v) is 9.12. The Kier molecular flexibility index (Phi) is 4.58. The van der Waals surface area contributed by atoms with Crippen LogP contribution >= 0.6 is 0 Å². The number of ether oxygens (including phenoxy) is 1. The maximum absolute atomic E-state index is 14.0. The van der Waals surface area contributed by atoms with Gasteiger partial charge < -0.3 is 9.84 Å². The lowest BCUT2D eigenvalue weighted by Gasteiger charge is -2.26. The normalized spacial score (nSPS) is 14.1. The van der Waals surface area contributed by atoms with Crippen molar-refractivity contribution in [3.63, 3.8) is 0 Å². The Bertz CT molecular complexity index is 1140. The molecular formula is C21H19FN2O4. The molecule has 1 aliphatic rings. The van der Waals surface area contributed by atoms with Crippen molar-refractivity contribution in [2.75, 3.05) is 0 Å². The number of aryl methyl sites for hydroxylation is 1. The average Bonchev–Trinajstić information content (AvgIpc) is 2.63. The van der Waals surface area contributed by atoms with Gasteiger partial charge in [0.05, 0.1) is 22.7 Å². The lowest BCUT2D eigenvalue weighted by Crippen LogP contribution is -2.24. The van der Waals surface area contributed by atoms with Gasteiger partial charge in [0, 0.05) is 11.8 Å². The lowest BCUT2D eigenvalue weighted by molar-refractivity contribution is 0.0691. The molecule has 2 N–H and O–H groups in total. The monoisotopic (exact) mass is 382 g/mol. The minimum atomic E-state index is -1.32. The van der Waals surface area contributed by atoms with Crippen molar-refractivity contribution in [1.82, 2.24) is 10.2 Å². The Labute approximate surface area is 160 Å². The number of aromatic carboxylic acids is 1. The molecule has 6 nitrogen and oxygen atoms in total. The summed E-state index contributed by atoms with van der Waals surface area (Å²) in [5.74, 6) is -1.39. The third kappa shape index (κ3) is 3.35. The van der Waals surface area contributed by atoms with Crippen LogP contribution in [0.15, 0.2) is 35.1 Å². The summed E-state index contributed by atoms with van der Waals surface area (Å²) in [6.07, 6.45) is 3.65. The molecule has 1 aliphatic carbocycles. The van der Waals surface area contributed by atoms with Gasteiger partial charge in [0.25, 0.3) is 5.56 Å². The van der Waals surface area contributed by atoms with Crippen LogP contribution in [0.5, 0.6) is 5.75 Å². The van der Waals surface area contributed by atoms with Crippen molar-refractivity contribution in [2.45, 2.75) is 38.7 Å². The van der Waals surface area contributed by atoms with Gasteiger partial charge in [0.15, 0.2) is 0 Å². The SMILES string of the molecule is Cc1cc(Cc2n[nH]c(=O)c3ccc(OC4CCC4)cc23)cc(C(=O)O)c1F. The van der Waals surface area contributed by atoms with Gasteiger partial charge in [0.1, 0.15) is 11.6 Å². The summed E-state index contributed by atoms with van der Waals surface area (Å²) < 4.78 is 20.0. The molecule has 7 heteroatoms. The first-order chi connectivity index (χ1) is 13.4. The number of hydrogen-bond acceptors (Lipinski definition) is 4. The molecule has 2 aromatic carbocycles. The Morgan fingerprint density at radius 3 is 2.75 bits per heavy atom. The molecule has 0 unspecified atom stereocenters. The third-order valence-corrected chi connectivity index (χ3v) is 5.11. The molecule has 1 aromatic heterocycles. The number of aromatic amines is 1. The van der Waals surface area contributed by atoms with E-state index in [-0.39, 0.29) is 29.2 Å². The van der Waals surface area contributed by atoms with Crippen molar-refractivity contribution in [3.8, 4) is 5.75 Å². The highest BCUT2D eigenvalue weighted by molar-refractivity contribution is 5.89. The summed E-state index contributed by atoms with van der Waals surface area (Å²) in [7, 11) is 0. The Morgan fingerprint density at radius 1 is 1.29 bits per heavy atom. The molecule has 1 saturated carbocycles. The number of fused-ring (bicyclic) bond motifs is 1. The number of H-pyrrole nitrogens is 1. The molecule has 0 spiro atoms. The predicted octanol–water partition coefficient (Wildman–Crippen LogP) is 3.59. The summed E-state index contributed by atoms with van der Waals surface area (Å²) in [5, 5.41) is 17.0. The largest absolute Gasteiger partial charge is 0.490 e. The van der Waals surface area contributed by atoms with Crippen LogP contribution in [0.3, 0.4) is 0 Å². The van der Waals surface area contributed by atoms with Gasteiger partial charge in [-0.25, -0.2) is 14.3 Å². The zero-order valence-corrected chi connectivity index (χ0v) is 15.3. The standard InChI is InChI=1S/C21H19FN2O4/c1-11-7-12(8-17(19(11)22)21(26)27)9-18-16-10-14(28-13-3-2-4-13)5-6-15(16)20(25)24-23-18/h5-8,10,13H,2-4,9H2,1H3,(H,24,25)(H,26,27). The molecule has 144 valence electrons. The fourth-order valence-corrected chi connectivity index (χ4v) is 3.38. The zero-order valence-electron chi connectivity index (χ0n) is 15.3. The van der Waals surface area contributed by atoms with Crippen molar-refractivity contribution < 1.29 is 19.0 Å². The number of carboxylic acids is 1. The molecule has 0 atom stereocenters. The summed E-state index contributed by atoms with van der Waals surface area (Å²) in [4.78, 5) is 23.4. The Morgan fingerprint density at radius 2 is 2.07 bits per heavy atom. The van der Waals surface area contributed by atoms with Gasteiger partial charge in [-0.15, -0.1) is 0 Å². The summed E-state index contributed by atoms with van der Waals surface area (Å²) >= 11 is 0. The van der Waals surface area contributed by atoms with Gasteiger partial charge in [0.2, 0.25) is 0 Å². The number of nitrogens with one attached hydrogen (secondary N) is 1. The number of carbonyl (C=O) groups is 1. The molecule has 1 heterocycles. The second-order valence-corrected chi connectivity index (χ2v) is 7.13. The zero-order chi connectivity index (χ0) is 19.8. The fourth-order valence-electron chi connectivity index (χ4n) is 3.38. The van der Waals surface area contributed by atoms with Gasteiger partial charge >= 0.3 is 5.97 Å². The van der Waals surface area contributed by atoms with Crippen LogP contribution in [0.2, 0.25) is 0 Å². The van der Waals surface area contributed by atoms with E-state index in [1.165, 1.54) is 13.0 Å². The quantitative estimate of drug-likeness (QED) is 0.704. The highest BCUT2D eigenvalue weighted by Crippen LogP contribution is 2.28. The van der Waals surface area contributed by atoms with Crippen molar-refractivity contribution in [1.29, 1.82) is 0 Å². The topological polar surface area (TPSA) is 92.3 Å². The minimum Gasteiger partial charge on any atom is -0.490 e. The molecular weight excluding hydrogens is 363 g/mol. The van der Waals surface area contributed by atoms with E-state index in [4.69, 9.17) is 4.74 Å². The summed E-state index contributed by atoms with van der Waals surface area (Å²) in [6.45, 7) is 1.52. The fraction of sp³-hybridized carbons (Fsp3) is 0.286. The molecule has 4 rings (SSSR count). The van der Waals surface area contributed by atoms with E-state index in [0.29, 0.717) is 27.8 Å². The van der Waals surface area contributed by atoms with Crippen molar-refractivity contribution in [3.05, 3.63) is 68.9 Å².